The summed E-state index contributed by atoms with van der Waals surface area (Å²) in [6.07, 6.45) is 1.06. The highest BCUT2D eigenvalue weighted by molar-refractivity contribution is 5.95. The normalized spacial score (nSPS) is 23.1. The molecule has 10 nitrogen and oxygen atoms in total. The molecule has 2 aliphatic heterocycles. The van der Waals surface area contributed by atoms with Crippen LogP contribution in [0.25, 0.3) is 0 Å². The fourth-order valence-corrected chi connectivity index (χ4v) is 4.51. The van der Waals surface area contributed by atoms with Crippen LogP contribution >= 0.6 is 0 Å². The van der Waals surface area contributed by atoms with E-state index < -0.39 is 48.0 Å². The fraction of sp³-hybridized carbons (Fsp3) is 0.565. The zero-order valence-electron chi connectivity index (χ0n) is 18.9. The molecular formula is C23H33N5O5. The molecule has 0 aromatic heterocycles. The van der Waals surface area contributed by atoms with E-state index >= 15 is 0 Å². The van der Waals surface area contributed by atoms with Gasteiger partial charge in [0.1, 0.15) is 24.2 Å². The lowest BCUT2D eigenvalue weighted by Crippen LogP contribution is -2.57. The number of carbonyl (C=O) groups is 4. The van der Waals surface area contributed by atoms with Gasteiger partial charge in [-0.1, -0.05) is 30.3 Å². The van der Waals surface area contributed by atoms with E-state index in [9.17, 15) is 24.3 Å². The van der Waals surface area contributed by atoms with Crippen molar-refractivity contribution in [3.05, 3.63) is 35.9 Å². The van der Waals surface area contributed by atoms with Gasteiger partial charge in [-0.05, 0) is 44.6 Å². The quantitative estimate of drug-likeness (QED) is 0.386. The molecule has 2 aliphatic rings. The van der Waals surface area contributed by atoms with Crippen LogP contribution < -0.4 is 16.8 Å². The van der Waals surface area contributed by atoms with Crippen LogP contribution in [-0.4, -0.2) is 81.9 Å². The maximum Gasteiger partial charge on any atom is 0.253 e. The molecule has 2 heterocycles. The minimum Gasteiger partial charge on any atom is -0.382 e. The first-order chi connectivity index (χ1) is 15.7. The van der Waals surface area contributed by atoms with Gasteiger partial charge in [0.05, 0.1) is 0 Å². The number of aliphatic hydroxyl groups is 1. The Labute approximate surface area is 193 Å². The fourth-order valence-electron chi connectivity index (χ4n) is 4.51. The van der Waals surface area contributed by atoms with E-state index in [0.29, 0.717) is 45.2 Å². The van der Waals surface area contributed by atoms with Crippen molar-refractivity contribution in [3.8, 4) is 0 Å². The summed E-state index contributed by atoms with van der Waals surface area (Å²) in [6, 6.07) is 6.21. The van der Waals surface area contributed by atoms with E-state index in [2.05, 4.69) is 5.32 Å². The Hall–Kier alpha value is -2.98. The van der Waals surface area contributed by atoms with Gasteiger partial charge in [0, 0.05) is 19.1 Å². The van der Waals surface area contributed by atoms with E-state index in [0.717, 1.165) is 5.56 Å². The Balaban J connectivity index is 1.65. The van der Waals surface area contributed by atoms with Crippen molar-refractivity contribution in [1.29, 1.82) is 0 Å². The van der Waals surface area contributed by atoms with Crippen molar-refractivity contribution >= 4 is 23.6 Å². The van der Waals surface area contributed by atoms with Crippen molar-refractivity contribution < 1.29 is 24.3 Å². The lowest BCUT2D eigenvalue weighted by atomic mass is 10.0. The Morgan fingerprint density at radius 3 is 2.30 bits per heavy atom. The maximum absolute atomic E-state index is 13.3. The first-order valence-corrected chi connectivity index (χ1v) is 11.4. The summed E-state index contributed by atoms with van der Waals surface area (Å²) in [5.41, 5.74) is 12.2. The van der Waals surface area contributed by atoms with E-state index in [1.807, 2.05) is 30.3 Å². The largest absolute Gasteiger partial charge is 0.382 e. The second kappa shape index (κ2) is 10.8. The van der Waals surface area contributed by atoms with Crippen LogP contribution in [0.1, 0.15) is 38.2 Å². The molecule has 33 heavy (non-hydrogen) atoms. The Morgan fingerprint density at radius 2 is 1.67 bits per heavy atom. The SMILES string of the molecule is CC(NC(=O)[C@@H]1CCCN1C(=O)[C@@H]1CCCN1C(=O)C(O)C(N)Cc1ccccc1)C(N)=O. The molecule has 1 aromatic rings. The van der Waals surface area contributed by atoms with E-state index in [-0.39, 0.29) is 5.91 Å². The lowest BCUT2D eigenvalue weighted by Gasteiger charge is -2.33. The van der Waals surface area contributed by atoms with Crippen molar-refractivity contribution in [1.82, 2.24) is 15.1 Å². The highest BCUT2D eigenvalue weighted by atomic mass is 16.3. The minimum absolute atomic E-state index is 0.325. The number of likely N-dealkylation sites (tertiary alicyclic amines) is 2. The lowest BCUT2D eigenvalue weighted by molar-refractivity contribution is -0.151. The van der Waals surface area contributed by atoms with Crippen LogP contribution in [0.3, 0.4) is 0 Å². The van der Waals surface area contributed by atoms with Gasteiger partial charge in [-0.3, -0.25) is 19.2 Å². The Kier molecular flexibility index (Phi) is 8.04. The van der Waals surface area contributed by atoms with Gasteiger partial charge in [-0.2, -0.15) is 0 Å². The number of benzene rings is 1. The average Bonchev–Trinajstić information content (AvgIpc) is 3.48. The molecule has 4 amide bonds. The number of nitrogens with two attached hydrogens (primary N) is 2. The molecule has 2 fully saturated rings. The summed E-state index contributed by atoms with van der Waals surface area (Å²) in [5, 5.41) is 13.2. The van der Waals surface area contributed by atoms with Gasteiger partial charge in [0.25, 0.3) is 5.91 Å². The highest BCUT2D eigenvalue weighted by Crippen LogP contribution is 2.26. The summed E-state index contributed by atoms with van der Waals surface area (Å²) in [7, 11) is 0. The second-order valence-corrected chi connectivity index (χ2v) is 8.81. The molecule has 3 unspecified atom stereocenters. The second-order valence-electron chi connectivity index (χ2n) is 8.81. The van der Waals surface area contributed by atoms with E-state index in [4.69, 9.17) is 11.5 Å². The molecular weight excluding hydrogens is 426 g/mol. The molecule has 0 radical (unpaired) electrons. The number of hydrogen-bond acceptors (Lipinski definition) is 6. The summed E-state index contributed by atoms with van der Waals surface area (Å²) in [5.74, 6) is -1.99. The summed E-state index contributed by atoms with van der Waals surface area (Å²) in [4.78, 5) is 53.1. The predicted octanol–water partition coefficient (Wildman–Crippen LogP) is -1.11. The van der Waals surface area contributed by atoms with Gasteiger partial charge in [0.15, 0.2) is 0 Å². The Bertz CT molecular complexity index is 879. The molecule has 2 saturated heterocycles. The summed E-state index contributed by atoms with van der Waals surface area (Å²) < 4.78 is 0. The smallest absolute Gasteiger partial charge is 0.253 e. The number of nitrogens with zero attached hydrogens (tertiary/aromatic N) is 2. The first-order valence-electron chi connectivity index (χ1n) is 11.4. The zero-order valence-corrected chi connectivity index (χ0v) is 18.9. The van der Waals surface area contributed by atoms with Crippen LogP contribution in [0, 0.1) is 0 Å². The number of carbonyl (C=O) groups excluding carboxylic acids is 4. The number of hydrogen-bond donors (Lipinski definition) is 4. The van der Waals surface area contributed by atoms with Crippen LogP contribution in [0.5, 0.6) is 0 Å². The molecule has 10 heteroatoms. The topological polar surface area (TPSA) is 159 Å². The number of amides is 4. The third kappa shape index (κ3) is 5.69. The van der Waals surface area contributed by atoms with Crippen LogP contribution in [0.2, 0.25) is 0 Å². The molecule has 5 atom stereocenters. The Morgan fingerprint density at radius 1 is 1.06 bits per heavy atom. The van der Waals surface area contributed by atoms with E-state index in [1.165, 1.54) is 16.7 Å². The molecule has 180 valence electrons. The number of aliphatic hydroxyl groups excluding tert-OH is 1. The van der Waals surface area contributed by atoms with Crippen LogP contribution in [0.15, 0.2) is 30.3 Å². The first kappa shape index (κ1) is 24.7. The van der Waals surface area contributed by atoms with Gasteiger partial charge >= 0.3 is 0 Å². The molecule has 1 aromatic carbocycles. The van der Waals surface area contributed by atoms with Gasteiger partial charge in [-0.15, -0.1) is 0 Å². The van der Waals surface area contributed by atoms with Crippen molar-refractivity contribution in [2.45, 2.75) is 69.3 Å². The molecule has 0 spiro atoms. The van der Waals surface area contributed by atoms with E-state index in [1.54, 1.807) is 0 Å². The zero-order chi connectivity index (χ0) is 24.1. The molecule has 0 aliphatic carbocycles. The van der Waals surface area contributed by atoms with Gasteiger partial charge in [-0.25, -0.2) is 0 Å². The standard InChI is InChI=1S/C23H33N5O5/c1-14(20(25)30)26-21(31)17-9-5-11-27(17)22(32)18-10-6-12-28(18)23(33)19(29)16(24)13-15-7-3-2-4-8-15/h2-4,7-8,14,16-19,29H,5-6,9-13,24H2,1H3,(H2,25,30)(H,26,31)/t14?,16?,17-,18-,19?/m0/s1. The average molecular weight is 460 g/mol. The van der Waals surface area contributed by atoms with Crippen molar-refractivity contribution in [2.75, 3.05) is 13.1 Å². The number of primary amides is 1. The molecule has 6 N–H and O–H groups in total. The van der Waals surface area contributed by atoms with Gasteiger partial charge in [0.2, 0.25) is 17.7 Å². The van der Waals surface area contributed by atoms with Crippen LogP contribution in [0.4, 0.5) is 0 Å². The minimum atomic E-state index is -1.44. The monoisotopic (exact) mass is 459 g/mol. The molecule has 3 rings (SSSR count). The summed E-state index contributed by atoms with van der Waals surface area (Å²) >= 11 is 0. The maximum atomic E-state index is 13.3. The van der Waals surface area contributed by atoms with Crippen LogP contribution in [-0.2, 0) is 25.6 Å². The van der Waals surface area contributed by atoms with Gasteiger partial charge < -0.3 is 31.7 Å². The summed E-state index contributed by atoms with van der Waals surface area (Å²) in [6.45, 7) is 2.21. The number of rotatable bonds is 8. The third-order valence-electron chi connectivity index (χ3n) is 6.42. The third-order valence-corrected chi connectivity index (χ3v) is 6.42. The molecule has 0 bridgehead atoms. The van der Waals surface area contributed by atoms with Crippen molar-refractivity contribution in [3.63, 3.8) is 0 Å². The number of nitrogens with one attached hydrogen (secondary N) is 1. The van der Waals surface area contributed by atoms with Crippen molar-refractivity contribution in [2.24, 2.45) is 11.5 Å². The predicted molar refractivity (Wildman–Crippen MR) is 120 cm³/mol. The molecule has 0 saturated carbocycles. The highest BCUT2D eigenvalue weighted by Gasteiger charge is 2.44.